The number of ether oxygens (including phenoxy) is 1. The first-order valence-corrected chi connectivity index (χ1v) is 7.50. The van der Waals surface area contributed by atoms with Gasteiger partial charge >= 0.3 is 5.97 Å². The third kappa shape index (κ3) is 5.56. The van der Waals surface area contributed by atoms with Crippen LogP contribution in [0.15, 0.2) is 12.1 Å². The zero-order valence-corrected chi connectivity index (χ0v) is 14.0. The molecule has 122 valence electrons. The molecular formula is C16H22ClNO4. The SMILES string of the molecule is Cc1cc(OCC(=O)NC(CC(C)C)C(=O)O)cc(C)c1Cl. The first-order valence-electron chi connectivity index (χ1n) is 7.12. The van der Waals surface area contributed by atoms with Gasteiger partial charge in [0.15, 0.2) is 6.61 Å². The fraction of sp³-hybridized carbons (Fsp3) is 0.500. The average molecular weight is 328 g/mol. The van der Waals surface area contributed by atoms with Crippen LogP contribution in [0.5, 0.6) is 5.75 Å². The molecule has 0 aliphatic carbocycles. The van der Waals surface area contributed by atoms with Crippen molar-refractivity contribution in [3.63, 3.8) is 0 Å². The third-order valence-corrected chi connectivity index (χ3v) is 3.72. The highest BCUT2D eigenvalue weighted by Gasteiger charge is 2.21. The molecule has 0 spiro atoms. The maximum absolute atomic E-state index is 11.8. The Morgan fingerprint density at radius 1 is 1.27 bits per heavy atom. The second kappa shape index (κ2) is 8.03. The van der Waals surface area contributed by atoms with Crippen molar-refractivity contribution in [2.75, 3.05) is 6.61 Å². The number of carboxylic acid groups (broad SMARTS) is 1. The summed E-state index contributed by atoms with van der Waals surface area (Å²) >= 11 is 6.06. The Bertz CT molecular complexity index is 534. The van der Waals surface area contributed by atoms with Gasteiger partial charge in [0, 0.05) is 5.02 Å². The van der Waals surface area contributed by atoms with Crippen molar-refractivity contribution in [3.05, 3.63) is 28.3 Å². The molecule has 0 aliphatic rings. The Morgan fingerprint density at radius 2 is 1.82 bits per heavy atom. The number of rotatable bonds is 7. The molecule has 0 radical (unpaired) electrons. The van der Waals surface area contributed by atoms with E-state index in [1.807, 2.05) is 27.7 Å². The molecule has 2 N–H and O–H groups in total. The van der Waals surface area contributed by atoms with E-state index in [1.54, 1.807) is 12.1 Å². The number of hydrogen-bond acceptors (Lipinski definition) is 3. The van der Waals surface area contributed by atoms with Crippen LogP contribution in [0.2, 0.25) is 5.02 Å². The highest BCUT2D eigenvalue weighted by Crippen LogP contribution is 2.25. The van der Waals surface area contributed by atoms with Gasteiger partial charge in [0.1, 0.15) is 11.8 Å². The number of carboxylic acids is 1. The molecule has 1 aromatic rings. The molecule has 0 aromatic heterocycles. The average Bonchev–Trinajstić information content (AvgIpc) is 2.41. The number of carbonyl (C=O) groups excluding carboxylic acids is 1. The largest absolute Gasteiger partial charge is 0.484 e. The predicted molar refractivity (Wildman–Crippen MR) is 85.4 cm³/mol. The molecule has 5 nitrogen and oxygen atoms in total. The van der Waals surface area contributed by atoms with Crippen LogP contribution in [-0.4, -0.2) is 29.6 Å². The van der Waals surface area contributed by atoms with Gasteiger partial charge in [0.25, 0.3) is 5.91 Å². The summed E-state index contributed by atoms with van der Waals surface area (Å²) < 4.78 is 5.41. The number of aliphatic carboxylic acids is 1. The van der Waals surface area contributed by atoms with Gasteiger partial charge in [-0.2, -0.15) is 0 Å². The molecule has 6 heteroatoms. The second-order valence-corrected chi connectivity index (χ2v) is 6.13. The Balaban J connectivity index is 2.60. The Kier molecular flexibility index (Phi) is 6.68. The van der Waals surface area contributed by atoms with Gasteiger partial charge in [-0.25, -0.2) is 4.79 Å². The summed E-state index contributed by atoms with van der Waals surface area (Å²) in [5.41, 5.74) is 1.72. The summed E-state index contributed by atoms with van der Waals surface area (Å²) in [5, 5.41) is 12.2. The van der Waals surface area contributed by atoms with Crippen LogP contribution in [0.1, 0.15) is 31.4 Å². The summed E-state index contributed by atoms with van der Waals surface area (Å²) in [6.45, 7) is 7.27. The van der Waals surface area contributed by atoms with Gasteiger partial charge in [0.05, 0.1) is 0 Å². The number of halogens is 1. The van der Waals surface area contributed by atoms with Crippen LogP contribution in [0.25, 0.3) is 0 Å². The zero-order valence-electron chi connectivity index (χ0n) is 13.3. The van der Waals surface area contributed by atoms with Crippen LogP contribution in [0.4, 0.5) is 0 Å². The van der Waals surface area contributed by atoms with Gasteiger partial charge in [-0.15, -0.1) is 0 Å². The van der Waals surface area contributed by atoms with E-state index in [0.29, 0.717) is 17.2 Å². The molecule has 0 bridgehead atoms. The van der Waals surface area contributed by atoms with E-state index < -0.39 is 17.9 Å². The summed E-state index contributed by atoms with van der Waals surface area (Å²) in [5.74, 6) is -0.798. The van der Waals surface area contributed by atoms with Gasteiger partial charge in [-0.05, 0) is 49.4 Å². The molecule has 0 saturated carbocycles. The van der Waals surface area contributed by atoms with Crippen molar-refractivity contribution in [2.45, 2.75) is 40.2 Å². The van der Waals surface area contributed by atoms with E-state index >= 15 is 0 Å². The van der Waals surface area contributed by atoms with Crippen molar-refractivity contribution >= 4 is 23.5 Å². The maximum Gasteiger partial charge on any atom is 0.326 e. The molecule has 1 unspecified atom stereocenters. The number of nitrogens with one attached hydrogen (secondary N) is 1. The van der Waals surface area contributed by atoms with Crippen molar-refractivity contribution in [1.29, 1.82) is 0 Å². The fourth-order valence-electron chi connectivity index (χ4n) is 2.07. The van der Waals surface area contributed by atoms with Crippen LogP contribution in [0.3, 0.4) is 0 Å². The van der Waals surface area contributed by atoms with Crippen molar-refractivity contribution in [2.24, 2.45) is 5.92 Å². The standard InChI is InChI=1S/C16H22ClNO4/c1-9(2)5-13(16(20)21)18-14(19)8-22-12-6-10(3)15(17)11(4)7-12/h6-7,9,13H,5,8H2,1-4H3,(H,18,19)(H,20,21). The topological polar surface area (TPSA) is 75.6 Å². The summed E-state index contributed by atoms with van der Waals surface area (Å²) in [4.78, 5) is 22.9. The number of benzene rings is 1. The minimum Gasteiger partial charge on any atom is -0.484 e. The first kappa shape index (κ1) is 18.3. The smallest absolute Gasteiger partial charge is 0.326 e. The molecular weight excluding hydrogens is 306 g/mol. The third-order valence-electron chi connectivity index (χ3n) is 3.12. The molecule has 1 aromatic carbocycles. The lowest BCUT2D eigenvalue weighted by Crippen LogP contribution is -2.43. The lowest BCUT2D eigenvalue weighted by molar-refractivity contribution is -0.142. The summed E-state index contributed by atoms with van der Waals surface area (Å²) in [6, 6.07) is 2.58. The highest BCUT2D eigenvalue weighted by molar-refractivity contribution is 6.32. The highest BCUT2D eigenvalue weighted by atomic mass is 35.5. The Hall–Kier alpha value is -1.75. The lowest BCUT2D eigenvalue weighted by Gasteiger charge is -2.17. The minimum atomic E-state index is -1.04. The summed E-state index contributed by atoms with van der Waals surface area (Å²) in [7, 11) is 0. The molecule has 1 atom stereocenters. The Morgan fingerprint density at radius 3 is 2.27 bits per heavy atom. The molecule has 22 heavy (non-hydrogen) atoms. The van der Waals surface area contributed by atoms with Gasteiger partial charge in [-0.3, -0.25) is 4.79 Å². The van der Waals surface area contributed by atoms with E-state index in [9.17, 15) is 9.59 Å². The second-order valence-electron chi connectivity index (χ2n) is 5.75. The molecule has 0 fully saturated rings. The molecule has 0 heterocycles. The fourth-order valence-corrected chi connectivity index (χ4v) is 2.18. The first-order chi connectivity index (χ1) is 10.2. The molecule has 0 aliphatic heterocycles. The van der Waals surface area contributed by atoms with Gasteiger partial charge in [0.2, 0.25) is 0 Å². The molecule has 1 rings (SSSR count). The number of carbonyl (C=O) groups is 2. The van der Waals surface area contributed by atoms with Gasteiger partial charge in [-0.1, -0.05) is 25.4 Å². The van der Waals surface area contributed by atoms with Crippen LogP contribution in [-0.2, 0) is 9.59 Å². The summed E-state index contributed by atoms with van der Waals surface area (Å²) in [6.07, 6.45) is 0.375. The normalized spacial score (nSPS) is 12.1. The molecule has 1 amide bonds. The quantitative estimate of drug-likeness (QED) is 0.807. The van der Waals surface area contributed by atoms with Crippen LogP contribution >= 0.6 is 11.6 Å². The number of aryl methyl sites for hydroxylation is 2. The van der Waals surface area contributed by atoms with Crippen molar-refractivity contribution in [1.82, 2.24) is 5.32 Å². The predicted octanol–water partition coefficient (Wildman–Crippen LogP) is 2.95. The van der Waals surface area contributed by atoms with Gasteiger partial charge < -0.3 is 15.2 Å². The van der Waals surface area contributed by atoms with Crippen LogP contribution < -0.4 is 10.1 Å². The van der Waals surface area contributed by atoms with E-state index in [0.717, 1.165) is 11.1 Å². The lowest BCUT2D eigenvalue weighted by atomic mass is 10.0. The number of hydrogen-bond donors (Lipinski definition) is 2. The van der Waals surface area contributed by atoms with Crippen LogP contribution in [0, 0.1) is 19.8 Å². The molecule has 0 saturated heterocycles. The maximum atomic E-state index is 11.8. The van der Waals surface area contributed by atoms with E-state index in [4.69, 9.17) is 21.4 Å². The minimum absolute atomic E-state index is 0.170. The Labute approximate surface area is 135 Å². The van der Waals surface area contributed by atoms with Crippen molar-refractivity contribution in [3.8, 4) is 5.75 Å². The number of amides is 1. The van der Waals surface area contributed by atoms with Crippen molar-refractivity contribution < 1.29 is 19.4 Å². The van der Waals surface area contributed by atoms with E-state index in [2.05, 4.69) is 5.32 Å². The van der Waals surface area contributed by atoms with E-state index in [-0.39, 0.29) is 12.5 Å². The monoisotopic (exact) mass is 327 g/mol. The van der Waals surface area contributed by atoms with E-state index in [1.165, 1.54) is 0 Å². The zero-order chi connectivity index (χ0) is 16.9.